The van der Waals surface area contributed by atoms with Crippen LogP contribution in [0.5, 0.6) is 0 Å². The number of ether oxygens (including phenoxy) is 1. The number of benzene rings is 1. The van der Waals surface area contributed by atoms with Crippen molar-refractivity contribution in [3.05, 3.63) is 35.9 Å². The summed E-state index contributed by atoms with van der Waals surface area (Å²) in [6.45, 7) is 10.3. The Morgan fingerprint density at radius 3 is 2.39 bits per heavy atom. The van der Waals surface area contributed by atoms with Crippen molar-refractivity contribution in [2.24, 2.45) is 0 Å². The lowest BCUT2D eigenvalue weighted by Gasteiger charge is -2.33. The van der Waals surface area contributed by atoms with Crippen molar-refractivity contribution in [1.29, 1.82) is 0 Å². The van der Waals surface area contributed by atoms with Gasteiger partial charge in [0.15, 0.2) is 0 Å². The van der Waals surface area contributed by atoms with Gasteiger partial charge in [-0.2, -0.15) is 0 Å². The molecule has 1 heterocycles. The van der Waals surface area contributed by atoms with Gasteiger partial charge in [-0.25, -0.2) is 0 Å². The lowest BCUT2D eigenvalue weighted by Crippen LogP contribution is -3.15. The van der Waals surface area contributed by atoms with E-state index in [4.69, 9.17) is 4.74 Å². The van der Waals surface area contributed by atoms with Crippen molar-refractivity contribution in [2.75, 3.05) is 19.6 Å². The van der Waals surface area contributed by atoms with Gasteiger partial charge in [-0.05, 0) is 25.3 Å². The third kappa shape index (κ3) is 3.82. The van der Waals surface area contributed by atoms with Gasteiger partial charge in [0.05, 0.1) is 6.54 Å². The van der Waals surface area contributed by atoms with Gasteiger partial charge < -0.3 is 9.64 Å². The Labute approximate surface area is 111 Å². The maximum atomic E-state index is 5.79. The molecule has 2 rings (SSSR count). The average Bonchev–Trinajstić information content (AvgIpc) is 2.36. The van der Waals surface area contributed by atoms with Crippen LogP contribution in [0.1, 0.15) is 38.7 Å². The molecule has 100 valence electrons. The summed E-state index contributed by atoms with van der Waals surface area (Å²) < 4.78 is 5.79. The second kappa shape index (κ2) is 6.35. The first-order chi connectivity index (χ1) is 8.65. The summed E-state index contributed by atoms with van der Waals surface area (Å²) in [6.07, 6.45) is 2.09. The molecule has 1 aromatic rings. The predicted octanol–water partition coefficient (Wildman–Crippen LogP) is 1.87. The largest absolute Gasteiger partial charge is 0.364 e. The summed E-state index contributed by atoms with van der Waals surface area (Å²) >= 11 is 0. The van der Waals surface area contributed by atoms with Crippen molar-refractivity contribution < 1.29 is 9.64 Å². The molecule has 0 unspecified atom stereocenters. The lowest BCUT2D eigenvalue weighted by atomic mass is 9.97. The quantitative estimate of drug-likeness (QED) is 0.859. The zero-order valence-corrected chi connectivity index (χ0v) is 11.9. The number of quaternary nitrogens is 1. The molecule has 18 heavy (non-hydrogen) atoms. The highest BCUT2D eigenvalue weighted by atomic mass is 16.5. The Balaban J connectivity index is 1.81. The van der Waals surface area contributed by atoms with E-state index in [-0.39, 0.29) is 0 Å². The molecule has 3 atom stereocenters. The molecule has 0 aromatic heterocycles. The fourth-order valence-corrected chi connectivity index (χ4v) is 2.96. The molecule has 1 aliphatic heterocycles. The zero-order chi connectivity index (χ0) is 13.0. The predicted molar refractivity (Wildman–Crippen MR) is 75.0 cm³/mol. The van der Waals surface area contributed by atoms with Gasteiger partial charge in [-0.1, -0.05) is 37.3 Å². The Hall–Kier alpha value is -0.860. The van der Waals surface area contributed by atoms with Crippen LogP contribution in [-0.2, 0) is 4.74 Å². The van der Waals surface area contributed by atoms with Gasteiger partial charge in [0.25, 0.3) is 0 Å². The molecular weight excluding hydrogens is 222 g/mol. The van der Waals surface area contributed by atoms with Crippen LogP contribution in [0.3, 0.4) is 0 Å². The van der Waals surface area contributed by atoms with Crippen LogP contribution in [0.15, 0.2) is 30.3 Å². The van der Waals surface area contributed by atoms with Gasteiger partial charge in [0.1, 0.15) is 25.3 Å². The molecule has 1 aromatic carbocycles. The van der Waals surface area contributed by atoms with Crippen LogP contribution in [0.2, 0.25) is 0 Å². The highest BCUT2D eigenvalue weighted by Crippen LogP contribution is 2.17. The molecule has 1 aliphatic rings. The first kappa shape index (κ1) is 13.6. The minimum Gasteiger partial charge on any atom is -0.364 e. The van der Waals surface area contributed by atoms with Crippen molar-refractivity contribution in [2.45, 2.75) is 45.3 Å². The highest BCUT2D eigenvalue weighted by molar-refractivity contribution is 5.18. The summed E-state index contributed by atoms with van der Waals surface area (Å²) in [4.78, 5) is 1.70. The number of hydrogen-bond donors (Lipinski definition) is 1. The number of nitrogens with one attached hydrogen (secondary N) is 1. The van der Waals surface area contributed by atoms with E-state index in [0.29, 0.717) is 18.1 Å². The monoisotopic (exact) mass is 248 g/mol. The van der Waals surface area contributed by atoms with Crippen LogP contribution < -0.4 is 4.90 Å². The minimum absolute atomic E-state index is 0.413. The topological polar surface area (TPSA) is 13.7 Å². The molecule has 1 saturated heterocycles. The van der Waals surface area contributed by atoms with Crippen LogP contribution >= 0.6 is 0 Å². The Kier molecular flexibility index (Phi) is 4.79. The number of hydrogen-bond acceptors (Lipinski definition) is 1. The maximum Gasteiger partial charge on any atom is 0.104 e. The van der Waals surface area contributed by atoms with Crippen LogP contribution in [0, 0.1) is 0 Å². The molecule has 1 N–H and O–H groups in total. The molecule has 0 amide bonds. The van der Waals surface area contributed by atoms with Gasteiger partial charge in [-0.3, -0.25) is 0 Å². The van der Waals surface area contributed by atoms with Gasteiger partial charge in [-0.15, -0.1) is 0 Å². The summed E-state index contributed by atoms with van der Waals surface area (Å²) in [5.41, 5.74) is 1.46. The van der Waals surface area contributed by atoms with E-state index in [1.165, 1.54) is 18.5 Å². The summed E-state index contributed by atoms with van der Waals surface area (Å²) in [6, 6.07) is 10.8. The molecule has 0 bridgehead atoms. The molecule has 0 radical (unpaired) electrons. The molecule has 0 saturated carbocycles. The lowest BCUT2D eigenvalue weighted by molar-refractivity contribution is -0.915. The number of morpholine rings is 1. The van der Waals surface area contributed by atoms with Crippen molar-refractivity contribution in [3.63, 3.8) is 0 Å². The second-order valence-corrected chi connectivity index (χ2v) is 5.77. The van der Waals surface area contributed by atoms with E-state index in [1.54, 1.807) is 4.90 Å². The fourth-order valence-electron chi connectivity index (χ4n) is 2.96. The van der Waals surface area contributed by atoms with Gasteiger partial charge in [0, 0.05) is 6.42 Å². The normalized spacial score (nSPS) is 30.1. The first-order valence-corrected chi connectivity index (χ1v) is 7.19. The van der Waals surface area contributed by atoms with Crippen LogP contribution in [0.4, 0.5) is 0 Å². The third-order valence-corrected chi connectivity index (χ3v) is 3.92. The van der Waals surface area contributed by atoms with Gasteiger partial charge in [0.2, 0.25) is 0 Å². The zero-order valence-electron chi connectivity index (χ0n) is 11.9. The van der Waals surface area contributed by atoms with E-state index < -0.39 is 0 Å². The van der Waals surface area contributed by atoms with Crippen LogP contribution in [-0.4, -0.2) is 31.8 Å². The molecule has 2 heteroatoms. The van der Waals surface area contributed by atoms with E-state index in [1.807, 2.05) is 0 Å². The van der Waals surface area contributed by atoms with E-state index in [9.17, 15) is 0 Å². The summed E-state index contributed by atoms with van der Waals surface area (Å²) in [5, 5.41) is 0. The molecule has 2 nitrogen and oxygen atoms in total. The molecule has 0 spiro atoms. The van der Waals surface area contributed by atoms with E-state index >= 15 is 0 Å². The minimum atomic E-state index is 0.413. The Bertz CT molecular complexity index is 341. The van der Waals surface area contributed by atoms with E-state index in [2.05, 4.69) is 51.1 Å². The van der Waals surface area contributed by atoms with Crippen LogP contribution in [0.25, 0.3) is 0 Å². The third-order valence-electron chi connectivity index (χ3n) is 3.92. The standard InChI is InChI=1S/C16H25NO/c1-13(16-7-5-4-6-8-16)9-10-17-11-14(2)18-15(3)12-17/h4-8,13-15H,9-12H2,1-3H3/p+1/t13-,14-,15-/m1/s1. The smallest absolute Gasteiger partial charge is 0.104 e. The molecular formula is C16H26NO+. The summed E-state index contributed by atoms with van der Waals surface area (Å²) in [7, 11) is 0. The average molecular weight is 248 g/mol. The summed E-state index contributed by atoms with van der Waals surface area (Å²) in [5.74, 6) is 0.659. The first-order valence-electron chi connectivity index (χ1n) is 7.19. The fraction of sp³-hybridized carbons (Fsp3) is 0.625. The van der Waals surface area contributed by atoms with Crippen molar-refractivity contribution in [3.8, 4) is 0 Å². The highest BCUT2D eigenvalue weighted by Gasteiger charge is 2.25. The van der Waals surface area contributed by atoms with Gasteiger partial charge >= 0.3 is 0 Å². The molecule has 1 fully saturated rings. The van der Waals surface area contributed by atoms with Crippen molar-refractivity contribution >= 4 is 0 Å². The number of rotatable bonds is 4. The van der Waals surface area contributed by atoms with Crippen molar-refractivity contribution in [1.82, 2.24) is 0 Å². The SMILES string of the molecule is C[C@@H]1C[NH+](CC[C@@H](C)c2ccccc2)C[C@@H](C)O1. The maximum absolute atomic E-state index is 5.79. The Morgan fingerprint density at radius 1 is 1.17 bits per heavy atom. The Morgan fingerprint density at radius 2 is 1.78 bits per heavy atom. The second-order valence-electron chi connectivity index (χ2n) is 5.77. The van der Waals surface area contributed by atoms with E-state index in [0.717, 1.165) is 13.1 Å². The molecule has 0 aliphatic carbocycles.